The van der Waals surface area contributed by atoms with Gasteiger partial charge in [-0.2, -0.15) is 0 Å². The molecule has 0 unspecified atom stereocenters. The molecular formula is C22H38IN5O4. The van der Waals surface area contributed by atoms with Gasteiger partial charge in [-0.1, -0.05) is 12.1 Å². The molecular weight excluding hydrogens is 525 g/mol. The highest BCUT2D eigenvalue weighted by Gasteiger charge is 2.24. The van der Waals surface area contributed by atoms with E-state index in [4.69, 9.17) is 9.47 Å². The maximum Gasteiger partial charge on any atom is 0.408 e. The van der Waals surface area contributed by atoms with Crippen LogP contribution in [-0.2, 0) is 16.1 Å². The number of alkyl carbamates (subject to hydrolysis) is 1. The van der Waals surface area contributed by atoms with Crippen molar-refractivity contribution in [2.75, 3.05) is 34.3 Å². The van der Waals surface area contributed by atoms with E-state index in [0.717, 1.165) is 5.56 Å². The van der Waals surface area contributed by atoms with Gasteiger partial charge in [-0.25, -0.2) is 4.79 Å². The number of nitrogens with zero attached hydrogens (tertiary/aromatic N) is 2. The minimum absolute atomic E-state index is 0. The van der Waals surface area contributed by atoms with Gasteiger partial charge in [-0.15, -0.1) is 24.0 Å². The Morgan fingerprint density at radius 1 is 1.09 bits per heavy atom. The summed E-state index contributed by atoms with van der Waals surface area (Å²) in [7, 11) is 5.06. The summed E-state index contributed by atoms with van der Waals surface area (Å²) in [5.41, 5.74) is -0.125. The van der Waals surface area contributed by atoms with Crippen molar-refractivity contribution in [3.63, 3.8) is 0 Å². The molecule has 0 aromatic heterocycles. The van der Waals surface area contributed by atoms with Crippen LogP contribution in [0.3, 0.4) is 0 Å². The average Bonchev–Trinajstić information content (AvgIpc) is 2.64. The number of guanidine groups is 1. The number of halogens is 1. The first-order chi connectivity index (χ1) is 14.3. The van der Waals surface area contributed by atoms with E-state index in [1.54, 1.807) is 21.1 Å². The van der Waals surface area contributed by atoms with Crippen LogP contribution in [0.2, 0.25) is 0 Å². The SMILES string of the molecule is CN=C(NCc1cccc(OCC(=O)N(C)C)c1)NCC(C)(C)NC(=O)OC(C)(C)C.I. The zero-order valence-electron chi connectivity index (χ0n) is 20.4. The van der Waals surface area contributed by atoms with Crippen molar-refractivity contribution >= 4 is 41.9 Å². The van der Waals surface area contributed by atoms with Crippen LogP contribution in [0.15, 0.2) is 29.3 Å². The molecule has 9 nitrogen and oxygen atoms in total. The summed E-state index contributed by atoms with van der Waals surface area (Å²) in [5, 5.41) is 9.28. The highest BCUT2D eigenvalue weighted by atomic mass is 127. The van der Waals surface area contributed by atoms with Crippen LogP contribution in [0.1, 0.15) is 40.2 Å². The second-order valence-electron chi connectivity index (χ2n) is 9.01. The molecule has 0 atom stereocenters. The molecule has 0 radical (unpaired) electrons. The molecule has 2 amide bonds. The van der Waals surface area contributed by atoms with E-state index in [9.17, 15) is 9.59 Å². The first kappa shape index (κ1) is 29.8. The number of likely N-dealkylation sites (N-methyl/N-ethyl adjacent to an activating group) is 1. The maximum absolute atomic E-state index is 12.0. The van der Waals surface area contributed by atoms with Crippen molar-refractivity contribution in [2.24, 2.45) is 4.99 Å². The van der Waals surface area contributed by atoms with Crippen LogP contribution < -0.4 is 20.7 Å². The van der Waals surface area contributed by atoms with E-state index in [-0.39, 0.29) is 36.5 Å². The lowest BCUT2D eigenvalue weighted by Crippen LogP contribution is -2.54. The van der Waals surface area contributed by atoms with Crippen molar-refractivity contribution in [3.8, 4) is 5.75 Å². The van der Waals surface area contributed by atoms with Crippen molar-refractivity contribution in [2.45, 2.75) is 52.3 Å². The van der Waals surface area contributed by atoms with Crippen LogP contribution in [-0.4, -0.2) is 68.3 Å². The third-order valence-corrected chi connectivity index (χ3v) is 3.98. The van der Waals surface area contributed by atoms with Gasteiger partial charge in [-0.3, -0.25) is 9.79 Å². The van der Waals surface area contributed by atoms with Crippen LogP contribution in [0.4, 0.5) is 4.79 Å². The lowest BCUT2D eigenvalue weighted by molar-refractivity contribution is -0.130. The molecule has 3 N–H and O–H groups in total. The number of hydrogen-bond donors (Lipinski definition) is 3. The minimum Gasteiger partial charge on any atom is -0.484 e. The smallest absolute Gasteiger partial charge is 0.408 e. The zero-order chi connectivity index (χ0) is 23.7. The standard InChI is InChI=1S/C22H37N5O4.HI/c1-21(2,3)31-20(29)26-22(4,5)15-25-19(23-6)24-13-16-10-9-11-17(12-16)30-14-18(28)27(7)8;/h9-12H,13-15H2,1-8H3,(H,26,29)(H2,23,24,25);1H. The lowest BCUT2D eigenvalue weighted by atomic mass is 10.1. The Morgan fingerprint density at radius 2 is 1.75 bits per heavy atom. The van der Waals surface area contributed by atoms with Gasteiger partial charge in [0.05, 0.1) is 5.54 Å². The molecule has 0 fully saturated rings. The largest absolute Gasteiger partial charge is 0.484 e. The molecule has 1 aromatic carbocycles. The predicted octanol–water partition coefficient (Wildman–Crippen LogP) is 2.74. The van der Waals surface area contributed by atoms with E-state index in [1.165, 1.54) is 4.90 Å². The molecule has 10 heteroatoms. The average molecular weight is 563 g/mol. The van der Waals surface area contributed by atoms with Gasteiger partial charge >= 0.3 is 6.09 Å². The number of hydrogen-bond acceptors (Lipinski definition) is 5. The first-order valence-corrected chi connectivity index (χ1v) is 10.2. The van der Waals surface area contributed by atoms with Crippen LogP contribution in [0.25, 0.3) is 0 Å². The summed E-state index contributed by atoms with van der Waals surface area (Å²) in [6, 6.07) is 7.51. The molecule has 0 heterocycles. The second-order valence-corrected chi connectivity index (χ2v) is 9.01. The Morgan fingerprint density at radius 3 is 2.31 bits per heavy atom. The molecule has 0 saturated heterocycles. The third kappa shape index (κ3) is 12.6. The van der Waals surface area contributed by atoms with Gasteiger partial charge < -0.3 is 30.3 Å². The van der Waals surface area contributed by atoms with Gasteiger partial charge in [-0.05, 0) is 52.3 Å². The van der Waals surface area contributed by atoms with Crippen LogP contribution >= 0.6 is 24.0 Å². The summed E-state index contributed by atoms with van der Waals surface area (Å²) < 4.78 is 10.9. The Bertz CT molecular complexity index is 776. The summed E-state index contributed by atoms with van der Waals surface area (Å²) in [4.78, 5) is 29.4. The molecule has 0 aliphatic heterocycles. The van der Waals surface area contributed by atoms with Gasteiger partial charge in [0.25, 0.3) is 5.91 Å². The van der Waals surface area contributed by atoms with Crippen molar-refractivity contribution in [3.05, 3.63) is 29.8 Å². The Kier molecular flexibility index (Phi) is 12.4. The fourth-order valence-corrected chi connectivity index (χ4v) is 2.35. The van der Waals surface area contributed by atoms with Gasteiger partial charge in [0, 0.05) is 34.2 Å². The predicted molar refractivity (Wildman–Crippen MR) is 138 cm³/mol. The number of nitrogens with one attached hydrogen (secondary N) is 3. The zero-order valence-corrected chi connectivity index (χ0v) is 22.7. The molecule has 0 spiro atoms. The third-order valence-electron chi connectivity index (χ3n) is 3.98. The second kappa shape index (κ2) is 13.3. The topological polar surface area (TPSA) is 104 Å². The Hall–Kier alpha value is -2.24. The molecule has 0 aliphatic rings. The van der Waals surface area contributed by atoms with E-state index in [1.807, 2.05) is 58.9 Å². The molecule has 182 valence electrons. The molecule has 0 aliphatic carbocycles. The monoisotopic (exact) mass is 563 g/mol. The van der Waals surface area contributed by atoms with Crippen LogP contribution in [0, 0.1) is 0 Å². The molecule has 32 heavy (non-hydrogen) atoms. The van der Waals surface area contributed by atoms with Gasteiger partial charge in [0.2, 0.25) is 0 Å². The fourth-order valence-electron chi connectivity index (χ4n) is 2.35. The molecule has 0 bridgehead atoms. The number of rotatable bonds is 8. The summed E-state index contributed by atoms with van der Waals surface area (Å²) >= 11 is 0. The number of aliphatic imine (C=N–C) groups is 1. The number of carbonyl (C=O) groups excluding carboxylic acids is 2. The van der Waals surface area contributed by atoms with Crippen LogP contribution in [0.5, 0.6) is 5.75 Å². The number of carbonyl (C=O) groups is 2. The maximum atomic E-state index is 12.0. The normalized spacial score (nSPS) is 11.7. The summed E-state index contributed by atoms with van der Waals surface area (Å²) in [5.74, 6) is 1.11. The van der Waals surface area contributed by atoms with Crippen molar-refractivity contribution in [1.82, 2.24) is 20.9 Å². The van der Waals surface area contributed by atoms with Gasteiger partial charge in [0.1, 0.15) is 11.4 Å². The first-order valence-electron chi connectivity index (χ1n) is 10.2. The highest BCUT2D eigenvalue weighted by Crippen LogP contribution is 2.13. The summed E-state index contributed by atoms with van der Waals surface area (Å²) in [6.07, 6.45) is -0.466. The van der Waals surface area contributed by atoms with E-state index in [0.29, 0.717) is 24.8 Å². The quantitative estimate of drug-likeness (QED) is 0.256. The van der Waals surface area contributed by atoms with E-state index < -0.39 is 17.2 Å². The van der Waals surface area contributed by atoms with E-state index in [2.05, 4.69) is 20.9 Å². The lowest BCUT2D eigenvalue weighted by Gasteiger charge is -2.29. The molecule has 1 aromatic rings. The fraction of sp³-hybridized carbons (Fsp3) is 0.591. The highest BCUT2D eigenvalue weighted by molar-refractivity contribution is 14.0. The number of benzene rings is 1. The van der Waals surface area contributed by atoms with Crippen molar-refractivity contribution in [1.29, 1.82) is 0 Å². The molecule has 1 rings (SSSR count). The van der Waals surface area contributed by atoms with E-state index >= 15 is 0 Å². The number of ether oxygens (including phenoxy) is 2. The Balaban J connectivity index is 0.00000961. The summed E-state index contributed by atoms with van der Waals surface area (Å²) in [6.45, 7) is 10.2. The van der Waals surface area contributed by atoms with Gasteiger partial charge in [0.15, 0.2) is 12.6 Å². The Labute approximate surface area is 208 Å². The molecule has 0 saturated carbocycles. The number of amides is 2. The minimum atomic E-state index is -0.552. The van der Waals surface area contributed by atoms with Crippen molar-refractivity contribution < 1.29 is 19.1 Å².